The summed E-state index contributed by atoms with van der Waals surface area (Å²) in [5, 5.41) is 7.92. The van der Waals surface area contributed by atoms with E-state index in [0.29, 0.717) is 16.7 Å². The molecule has 6 nitrogen and oxygen atoms in total. The molecule has 7 heteroatoms. The number of methoxy groups -OCH3 is 1. The van der Waals surface area contributed by atoms with E-state index in [4.69, 9.17) is 16.3 Å². The number of aromatic nitrogens is 4. The average molecular weight is 268 g/mol. The van der Waals surface area contributed by atoms with Crippen molar-refractivity contribution in [1.82, 2.24) is 19.7 Å². The molecule has 0 radical (unpaired) electrons. The quantitative estimate of drug-likeness (QED) is 0.809. The van der Waals surface area contributed by atoms with Gasteiger partial charge in [-0.25, -0.2) is 9.97 Å². The van der Waals surface area contributed by atoms with Crippen molar-refractivity contribution < 1.29 is 4.74 Å². The first-order valence-electron chi connectivity index (χ1n) is 5.56. The summed E-state index contributed by atoms with van der Waals surface area (Å²) in [6.45, 7) is 1.55. The summed E-state index contributed by atoms with van der Waals surface area (Å²) in [5.41, 5.74) is 0. The second kappa shape index (κ2) is 6.20. The van der Waals surface area contributed by atoms with Gasteiger partial charge in [-0.3, -0.25) is 4.68 Å². The highest BCUT2D eigenvalue weighted by Crippen LogP contribution is 2.16. The van der Waals surface area contributed by atoms with Gasteiger partial charge >= 0.3 is 0 Å². The number of ether oxygens (including phenoxy) is 1. The molecule has 18 heavy (non-hydrogen) atoms. The molecule has 0 saturated heterocycles. The smallest absolute Gasteiger partial charge is 0.257 e. The number of hydrogen-bond donors (Lipinski definition) is 1. The SMILES string of the molecule is COc1nccnc1NCCCn1cc(Cl)cn1. The van der Waals surface area contributed by atoms with Gasteiger partial charge in [-0.2, -0.15) is 5.10 Å². The van der Waals surface area contributed by atoms with Crippen molar-refractivity contribution in [3.63, 3.8) is 0 Å². The van der Waals surface area contributed by atoms with Crippen molar-refractivity contribution in [2.45, 2.75) is 13.0 Å². The minimum Gasteiger partial charge on any atom is -0.478 e. The molecular weight excluding hydrogens is 254 g/mol. The summed E-state index contributed by atoms with van der Waals surface area (Å²) in [6, 6.07) is 0. The van der Waals surface area contributed by atoms with Crippen LogP contribution in [0.4, 0.5) is 5.82 Å². The predicted molar refractivity (Wildman–Crippen MR) is 68.9 cm³/mol. The molecule has 0 saturated carbocycles. The zero-order chi connectivity index (χ0) is 12.8. The highest BCUT2D eigenvalue weighted by Gasteiger charge is 2.03. The van der Waals surface area contributed by atoms with Gasteiger partial charge in [0.15, 0.2) is 5.82 Å². The van der Waals surface area contributed by atoms with Crippen LogP contribution in [0, 0.1) is 0 Å². The number of aryl methyl sites for hydroxylation is 1. The van der Waals surface area contributed by atoms with E-state index in [0.717, 1.165) is 19.5 Å². The Balaban J connectivity index is 1.78. The number of nitrogens with one attached hydrogen (secondary N) is 1. The van der Waals surface area contributed by atoms with Crippen LogP contribution in [0.1, 0.15) is 6.42 Å². The molecule has 2 aromatic heterocycles. The maximum atomic E-state index is 5.77. The molecule has 2 heterocycles. The lowest BCUT2D eigenvalue weighted by atomic mass is 10.4. The van der Waals surface area contributed by atoms with Crippen LogP contribution in [0.5, 0.6) is 5.88 Å². The van der Waals surface area contributed by atoms with E-state index in [1.807, 2.05) is 0 Å². The first-order chi connectivity index (χ1) is 8.79. The van der Waals surface area contributed by atoms with Gasteiger partial charge in [-0.15, -0.1) is 0 Å². The van der Waals surface area contributed by atoms with Crippen molar-refractivity contribution in [1.29, 1.82) is 0 Å². The van der Waals surface area contributed by atoms with E-state index in [-0.39, 0.29) is 0 Å². The van der Waals surface area contributed by atoms with E-state index < -0.39 is 0 Å². The van der Waals surface area contributed by atoms with Gasteiger partial charge in [0.2, 0.25) is 0 Å². The zero-order valence-corrected chi connectivity index (χ0v) is 10.8. The molecular formula is C11H14ClN5O. The molecule has 0 spiro atoms. The Morgan fingerprint density at radius 1 is 1.39 bits per heavy atom. The average Bonchev–Trinajstić information content (AvgIpc) is 2.81. The van der Waals surface area contributed by atoms with Crippen LogP contribution in [-0.2, 0) is 6.54 Å². The van der Waals surface area contributed by atoms with Crippen LogP contribution in [-0.4, -0.2) is 33.4 Å². The van der Waals surface area contributed by atoms with E-state index in [9.17, 15) is 0 Å². The second-order valence-electron chi connectivity index (χ2n) is 3.62. The zero-order valence-electron chi connectivity index (χ0n) is 10.0. The van der Waals surface area contributed by atoms with Gasteiger partial charge in [0.1, 0.15) is 0 Å². The molecule has 0 fully saturated rings. The normalized spacial score (nSPS) is 10.3. The van der Waals surface area contributed by atoms with Crippen LogP contribution >= 0.6 is 11.6 Å². The fourth-order valence-electron chi connectivity index (χ4n) is 1.50. The Morgan fingerprint density at radius 2 is 2.22 bits per heavy atom. The van der Waals surface area contributed by atoms with Crippen molar-refractivity contribution in [2.75, 3.05) is 19.0 Å². The van der Waals surface area contributed by atoms with Gasteiger partial charge in [-0.1, -0.05) is 11.6 Å². The van der Waals surface area contributed by atoms with Crippen LogP contribution in [0.2, 0.25) is 5.02 Å². The second-order valence-corrected chi connectivity index (χ2v) is 4.05. The number of halogens is 1. The summed E-state index contributed by atoms with van der Waals surface area (Å²) >= 11 is 5.77. The Hall–Kier alpha value is -1.82. The summed E-state index contributed by atoms with van der Waals surface area (Å²) in [7, 11) is 1.57. The Kier molecular flexibility index (Phi) is 4.35. The molecule has 0 aliphatic rings. The minimum atomic E-state index is 0.500. The molecule has 0 bridgehead atoms. The van der Waals surface area contributed by atoms with Crippen LogP contribution in [0.25, 0.3) is 0 Å². The number of hydrogen-bond acceptors (Lipinski definition) is 5. The predicted octanol–water partition coefficient (Wildman–Crippen LogP) is 1.84. The van der Waals surface area contributed by atoms with Crippen LogP contribution in [0.15, 0.2) is 24.8 Å². The Labute approximate surface area is 110 Å². The van der Waals surface area contributed by atoms with E-state index in [2.05, 4.69) is 20.4 Å². The summed E-state index contributed by atoms with van der Waals surface area (Å²) in [4.78, 5) is 8.21. The fourth-order valence-corrected chi connectivity index (χ4v) is 1.66. The first-order valence-corrected chi connectivity index (χ1v) is 5.94. The first kappa shape index (κ1) is 12.6. The molecule has 2 rings (SSSR count). The highest BCUT2D eigenvalue weighted by atomic mass is 35.5. The maximum absolute atomic E-state index is 5.77. The van der Waals surface area contributed by atoms with Crippen molar-refractivity contribution in [3.8, 4) is 5.88 Å². The van der Waals surface area contributed by atoms with E-state index in [1.54, 1.807) is 36.6 Å². The third-order valence-corrected chi connectivity index (χ3v) is 2.51. The lowest BCUT2D eigenvalue weighted by Gasteiger charge is -2.08. The monoisotopic (exact) mass is 267 g/mol. The molecule has 2 aromatic rings. The largest absolute Gasteiger partial charge is 0.478 e. The Morgan fingerprint density at radius 3 is 2.94 bits per heavy atom. The molecule has 0 aliphatic heterocycles. The molecule has 0 unspecified atom stereocenters. The third kappa shape index (κ3) is 3.33. The van der Waals surface area contributed by atoms with Crippen LogP contribution in [0.3, 0.4) is 0 Å². The summed E-state index contributed by atoms with van der Waals surface area (Å²) in [6.07, 6.45) is 7.54. The molecule has 0 aliphatic carbocycles. The minimum absolute atomic E-state index is 0.500. The van der Waals surface area contributed by atoms with Gasteiger partial charge < -0.3 is 10.1 Å². The summed E-state index contributed by atoms with van der Waals surface area (Å²) in [5.74, 6) is 1.15. The topological polar surface area (TPSA) is 64.9 Å². The number of rotatable bonds is 6. The van der Waals surface area contributed by atoms with E-state index >= 15 is 0 Å². The molecule has 0 atom stereocenters. The van der Waals surface area contributed by atoms with Gasteiger partial charge in [-0.05, 0) is 6.42 Å². The van der Waals surface area contributed by atoms with Gasteiger partial charge in [0.25, 0.3) is 5.88 Å². The van der Waals surface area contributed by atoms with Crippen molar-refractivity contribution in [2.24, 2.45) is 0 Å². The maximum Gasteiger partial charge on any atom is 0.257 e. The van der Waals surface area contributed by atoms with E-state index in [1.165, 1.54) is 0 Å². The third-order valence-electron chi connectivity index (χ3n) is 2.32. The lowest BCUT2D eigenvalue weighted by Crippen LogP contribution is -2.09. The molecule has 0 aromatic carbocycles. The Bertz CT molecular complexity index is 502. The van der Waals surface area contributed by atoms with Gasteiger partial charge in [0.05, 0.1) is 18.3 Å². The number of nitrogens with zero attached hydrogens (tertiary/aromatic N) is 4. The standard InChI is InChI=1S/C11H14ClN5O/c1-18-11-10(14-4-5-15-11)13-3-2-6-17-8-9(12)7-16-17/h4-5,7-8H,2-3,6H2,1H3,(H,13,14). The molecule has 1 N–H and O–H groups in total. The van der Waals surface area contributed by atoms with Crippen molar-refractivity contribution >= 4 is 17.4 Å². The highest BCUT2D eigenvalue weighted by molar-refractivity contribution is 6.30. The number of anilines is 1. The molecule has 0 amide bonds. The van der Waals surface area contributed by atoms with Crippen LogP contribution < -0.4 is 10.1 Å². The summed E-state index contributed by atoms with van der Waals surface area (Å²) < 4.78 is 6.90. The van der Waals surface area contributed by atoms with Crippen molar-refractivity contribution in [3.05, 3.63) is 29.8 Å². The lowest BCUT2D eigenvalue weighted by molar-refractivity contribution is 0.397. The molecule has 96 valence electrons. The van der Waals surface area contributed by atoms with Gasteiger partial charge in [0, 0.05) is 31.7 Å². The fraction of sp³-hybridized carbons (Fsp3) is 0.364.